The number of carbonyl (C=O) groups excluding carboxylic acids is 1. The number of halogens is 3. The Morgan fingerprint density at radius 2 is 2.03 bits per heavy atom. The first-order valence-electron chi connectivity index (χ1n) is 13.2. The number of nitrogens with one attached hydrogen (secondary N) is 1. The summed E-state index contributed by atoms with van der Waals surface area (Å²) in [6.45, 7) is 6.96. The monoisotopic (exact) mass is 549 g/mol. The molecule has 0 aromatic carbocycles. The topological polar surface area (TPSA) is 114 Å². The number of carbonyl (C=O) groups is 1. The molecule has 212 valence electrons. The molecule has 1 unspecified atom stereocenters. The molecule has 0 bridgehead atoms. The molecule has 14 heteroatoms. The van der Waals surface area contributed by atoms with Crippen LogP contribution in [-0.4, -0.2) is 86.1 Å². The minimum absolute atomic E-state index is 0.0813. The lowest BCUT2D eigenvalue weighted by Gasteiger charge is -2.34. The minimum Gasteiger partial charge on any atom is -0.370 e. The van der Waals surface area contributed by atoms with E-state index in [1.807, 2.05) is 30.6 Å². The second kappa shape index (κ2) is 12.5. The zero-order valence-electron chi connectivity index (χ0n) is 22.4. The van der Waals surface area contributed by atoms with E-state index in [-0.39, 0.29) is 25.0 Å². The standard InChI is InChI=1S/C25H34F3N9O2/c1-4-18-20-21(37(34-18)12-13-39-15-25(26,27)28)22(31-19-9-10-29-16-30-19)33-24(32-20)36-11-7-8-17(14-36)23(38)35(5-2)6-3/h9-10,16-17H,4-8,11-15H2,1-3H3,(H,29,30,31,32,33). The van der Waals surface area contributed by atoms with Gasteiger partial charge in [-0.05, 0) is 39.2 Å². The summed E-state index contributed by atoms with van der Waals surface area (Å²) in [7, 11) is 0. The fraction of sp³-hybridized carbons (Fsp3) is 0.600. The second-order valence-electron chi connectivity index (χ2n) is 9.28. The highest BCUT2D eigenvalue weighted by Crippen LogP contribution is 2.30. The van der Waals surface area contributed by atoms with Gasteiger partial charge in [0.05, 0.1) is 24.8 Å². The molecule has 4 rings (SSSR count). The van der Waals surface area contributed by atoms with Crippen LogP contribution in [0.4, 0.5) is 30.8 Å². The van der Waals surface area contributed by atoms with Gasteiger partial charge in [0.1, 0.15) is 29.8 Å². The molecule has 0 saturated carbocycles. The number of aromatic nitrogens is 6. The van der Waals surface area contributed by atoms with Gasteiger partial charge < -0.3 is 19.9 Å². The van der Waals surface area contributed by atoms with E-state index in [9.17, 15) is 18.0 Å². The molecule has 1 amide bonds. The third-order valence-corrected chi connectivity index (χ3v) is 6.65. The first-order valence-corrected chi connectivity index (χ1v) is 13.2. The zero-order chi connectivity index (χ0) is 28.0. The highest BCUT2D eigenvalue weighted by molar-refractivity contribution is 5.90. The van der Waals surface area contributed by atoms with Crippen molar-refractivity contribution in [2.75, 3.05) is 49.6 Å². The van der Waals surface area contributed by atoms with Gasteiger partial charge in [0.2, 0.25) is 11.9 Å². The second-order valence-corrected chi connectivity index (χ2v) is 9.28. The Labute approximate surface area is 224 Å². The quantitative estimate of drug-likeness (QED) is 0.359. The number of nitrogens with zero attached hydrogens (tertiary/aromatic N) is 8. The maximum Gasteiger partial charge on any atom is 0.411 e. The molecule has 1 aliphatic rings. The molecule has 0 spiro atoms. The van der Waals surface area contributed by atoms with E-state index in [1.165, 1.54) is 6.33 Å². The lowest BCUT2D eigenvalue weighted by Crippen LogP contribution is -2.45. The summed E-state index contributed by atoms with van der Waals surface area (Å²) < 4.78 is 44.1. The van der Waals surface area contributed by atoms with Crippen molar-refractivity contribution in [2.24, 2.45) is 5.92 Å². The summed E-state index contributed by atoms with van der Waals surface area (Å²) in [4.78, 5) is 34.8. The van der Waals surface area contributed by atoms with Crippen LogP contribution in [0.15, 0.2) is 18.6 Å². The summed E-state index contributed by atoms with van der Waals surface area (Å²) in [5.41, 5.74) is 1.81. The first-order chi connectivity index (χ1) is 18.7. The smallest absolute Gasteiger partial charge is 0.370 e. The van der Waals surface area contributed by atoms with Gasteiger partial charge >= 0.3 is 6.18 Å². The molecule has 1 fully saturated rings. The van der Waals surface area contributed by atoms with Crippen molar-refractivity contribution < 1.29 is 22.7 Å². The number of hydrogen-bond donors (Lipinski definition) is 1. The first kappa shape index (κ1) is 28.5. The van der Waals surface area contributed by atoms with Gasteiger partial charge in [-0.2, -0.15) is 23.3 Å². The van der Waals surface area contributed by atoms with Crippen molar-refractivity contribution in [1.82, 2.24) is 34.6 Å². The van der Waals surface area contributed by atoms with Crippen molar-refractivity contribution in [1.29, 1.82) is 0 Å². The Balaban J connectivity index is 1.69. The predicted molar refractivity (Wildman–Crippen MR) is 140 cm³/mol. The van der Waals surface area contributed by atoms with Gasteiger partial charge in [-0.15, -0.1) is 0 Å². The molecule has 1 N–H and O–H groups in total. The van der Waals surface area contributed by atoms with Gasteiger partial charge in [0, 0.05) is 32.4 Å². The number of piperidine rings is 1. The molecule has 3 aromatic heterocycles. The molecule has 39 heavy (non-hydrogen) atoms. The summed E-state index contributed by atoms with van der Waals surface area (Å²) in [5.74, 6) is 1.33. The van der Waals surface area contributed by atoms with E-state index in [0.717, 1.165) is 12.8 Å². The Morgan fingerprint density at radius 1 is 1.23 bits per heavy atom. The van der Waals surface area contributed by atoms with Crippen molar-refractivity contribution in [3.8, 4) is 0 Å². The fourth-order valence-corrected chi connectivity index (χ4v) is 4.74. The number of anilines is 3. The predicted octanol–water partition coefficient (Wildman–Crippen LogP) is 3.59. The molecular weight excluding hydrogens is 515 g/mol. The van der Waals surface area contributed by atoms with Crippen LogP contribution in [0.1, 0.15) is 39.3 Å². The third kappa shape index (κ3) is 6.91. The number of hydrogen-bond acceptors (Lipinski definition) is 9. The van der Waals surface area contributed by atoms with Crippen LogP contribution in [0.3, 0.4) is 0 Å². The number of ether oxygens (including phenoxy) is 1. The number of amides is 1. The highest BCUT2D eigenvalue weighted by Gasteiger charge is 2.31. The van der Waals surface area contributed by atoms with Crippen molar-refractivity contribution in [3.63, 3.8) is 0 Å². The zero-order valence-corrected chi connectivity index (χ0v) is 22.4. The fourth-order valence-electron chi connectivity index (χ4n) is 4.74. The van der Waals surface area contributed by atoms with E-state index >= 15 is 0 Å². The highest BCUT2D eigenvalue weighted by atomic mass is 19.4. The van der Waals surface area contributed by atoms with Crippen LogP contribution < -0.4 is 10.2 Å². The minimum atomic E-state index is -4.41. The van der Waals surface area contributed by atoms with Gasteiger partial charge in [-0.3, -0.25) is 9.48 Å². The Hall–Kier alpha value is -3.55. The van der Waals surface area contributed by atoms with E-state index in [1.54, 1.807) is 16.9 Å². The van der Waals surface area contributed by atoms with Crippen LogP contribution in [0, 0.1) is 5.92 Å². The molecule has 1 saturated heterocycles. The summed E-state index contributed by atoms with van der Waals surface area (Å²) in [6.07, 6.45) is 0.759. The van der Waals surface area contributed by atoms with E-state index < -0.39 is 12.8 Å². The van der Waals surface area contributed by atoms with Crippen molar-refractivity contribution in [3.05, 3.63) is 24.3 Å². The number of alkyl halides is 3. The Bertz CT molecular complexity index is 1250. The average Bonchev–Trinajstić information content (AvgIpc) is 3.29. The third-order valence-electron chi connectivity index (χ3n) is 6.65. The van der Waals surface area contributed by atoms with Gasteiger partial charge in [-0.25, -0.2) is 15.0 Å². The van der Waals surface area contributed by atoms with E-state index in [0.29, 0.717) is 66.9 Å². The van der Waals surface area contributed by atoms with Crippen molar-refractivity contribution >= 4 is 34.5 Å². The average molecular weight is 550 g/mol. The lowest BCUT2D eigenvalue weighted by atomic mass is 9.96. The number of fused-ring (bicyclic) bond motifs is 1. The van der Waals surface area contributed by atoms with Crippen LogP contribution in [0.5, 0.6) is 0 Å². The summed E-state index contributed by atoms with van der Waals surface area (Å²) in [6, 6.07) is 1.68. The maximum absolute atomic E-state index is 13.1. The van der Waals surface area contributed by atoms with E-state index in [4.69, 9.17) is 14.7 Å². The number of rotatable bonds is 11. The summed E-state index contributed by atoms with van der Waals surface area (Å²) >= 11 is 0. The van der Waals surface area contributed by atoms with Gasteiger partial charge in [-0.1, -0.05) is 6.92 Å². The van der Waals surface area contributed by atoms with Crippen molar-refractivity contribution in [2.45, 2.75) is 52.8 Å². The van der Waals surface area contributed by atoms with Gasteiger partial charge in [0.15, 0.2) is 5.82 Å². The maximum atomic E-state index is 13.1. The van der Waals surface area contributed by atoms with Crippen LogP contribution in [0.2, 0.25) is 0 Å². The Kier molecular flexibility index (Phi) is 9.15. The van der Waals surface area contributed by atoms with Crippen LogP contribution in [0.25, 0.3) is 11.0 Å². The van der Waals surface area contributed by atoms with Crippen LogP contribution >= 0.6 is 0 Å². The SMILES string of the molecule is CCc1nn(CCOCC(F)(F)F)c2c(Nc3ccncn3)nc(N3CCCC(C(=O)N(CC)CC)C3)nc12. The number of aryl methyl sites for hydroxylation is 1. The molecule has 1 aliphatic heterocycles. The van der Waals surface area contributed by atoms with Crippen LogP contribution in [-0.2, 0) is 22.5 Å². The van der Waals surface area contributed by atoms with Gasteiger partial charge in [0.25, 0.3) is 0 Å². The Morgan fingerprint density at radius 3 is 2.69 bits per heavy atom. The largest absolute Gasteiger partial charge is 0.411 e. The molecule has 0 radical (unpaired) electrons. The molecule has 1 atom stereocenters. The molecule has 0 aliphatic carbocycles. The summed E-state index contributed by atoms with van der Waals surface area (Å²) in [5, 5.41) is 7.82. The molecule has 4 heterocycles. The lowest BCUT2D eigenvalue weighted by molar-refractivity contribution is -0.174. The molecule has 11 nitrogen and oxygen atoms in total. The molecule has 3 aromatic rings. The normalized spacial score (nSPS) is 16.1. The molecular formula is C25H34F3N9O2. The van der Waals surface area contributed by atoms with E-state index in [2.05, 4.69) is 20.4 Å².